The number of nitrogens with zero attached hydrogens (tertiary/aromatic N) is 3. The van der Waals surface area contributed by atoms with Gasteiger partial charge in [0.05, 0.1) is 17.4 Å². The van der Waals surface area contributed by atoms with Gasteiger partial charge in [0.2, 0.25) is 5.91 Å². The van der Waals surface area contributed by atoms with Crippen molar-refractivity contribution < 1.29 is 4.79 Å². The van der Waals surface area contributed by atoms with Gasteiger partial charge in [0.1, 0.15) is 5.82 Å². The minimum atomic E-state index is -0.180. The second-order valence-electron chi connectivity index (χ2n) is 7.46. The van der Waals surface area contributed by atoms with Gasteiger partial charge in [-0.05, 0) is 43.5 Å². The van der Waals surface area contributed by atoms with E-state index < -0.39 is 0 Å². The molecule has 0 saturated heterocycles. The molecule has 0 bridgehead atoms. The molecule has 0 radical (unpaired) electrons. The monoisotopic (exact) mass is 388 g/mol. The van der Waals surface area contributed by atoms with Gasteiger partial charge in [-0.15, -0.1) is 0 Å². The van der Waals surface area contributed by atoms with Gasteiger partial charge in [0, 0.05) is 30.7 Å². The summed E-state index contributed by atoms with van der Waals surface area (Å²) in [6.07, 6.45) is 2.40. The number of fused-ring (bicyclic) bond motifs is 2. The molecule has 4 rings (SSSR count). The van der Waals surface area contributed by atoms with Crippen molar-refractivity contribution in [2.45, 2.75) is 39.4 Å². The predicted molar refractivity (Wildman–Crippen MR) is 115 cm³/mol. The Hall–Kier alpha value is -3.41. The first kappa shape index (κ1) is 18.9. The van der Waals surface area contributed by atoms with Crippen molar-refractivity contribution in [3.05, 3.63) is 77.0 Å². The average Bonchev–Trinajstić information content (AvgIpc) is 3.13. The Kier molecular flexibility index (Phi) is 5.16. The number of carbonyl (C=O) groups excluding carboxylic acids is 1. The Labute approximate surface area is 168 Å². The molecule has 2 aromatic carbocycles. The Bertz CT molecular complexity index is 1220. The van der Waals surface area contributed by atoms with Crippen molar-refractivity contribution in [1.82, 2.24) is 19.4 Å². The van der Waals surface area contributed by atoms with Crippen LogP contribution in [0.2, 0.25) is 0 Å². The summed E-state index contributed by atoms with van der Waals surface area (Å²) in [4.78, 5) is 34.4. The minimum absolute atomic E-state index is 0.000628. The molecule has 0 aliphatic carbocycles. The lowest BCUT2D eigenvalue weighted by atomic mass is 10.2. The second-order valence-corrected chi connectivity index (χ2v) is 7.46. The molecule has 0 saturated carbocycles. The molecule has 2 heterocycles. The number of aryl methyl sites for hydroxylation is 1. The number of benzene rings is 2. The highest BCUT2D eigenvalue weighted by atomic mass is 16.2. The Morgan fingerprint density at radius 3 is 2.69 bits per heavy atom. The topological polar surface area (TPSA) is 71.0 Å². The third kappa shape index (κ3) is 3.92. The lowest BCUT2D eigenvalue weighted by molar-refractivity contribution is -0.133. The molecule has 0 fully saturated rings. The van der Waals surface area contributed by atoms with Crippen LogP contribution in [0.1, 0.15) is 26.1 Å². The van der Waals surface area contributed by atoms with Crippen LogP contribution >= 0.6 is 0 Å². The van der Waals surface area contributed by atoms with Crippen molar-refractivity contribution in [1.29, 1.82) is 0 Å². The quantitative estimate of drug-likeness (QED) is 0.547. The molecule has 4 aromatic rings. The molecular weight excluding hydrogens is 364 g/mol. The average molecular weight is 388 g/mol. The van der Waals surface area contributed by atoms with Crippen LogP contribution in [-0.4, -0.2) is 31.4 Å². The highest BCUT2D eigenvalue weighted by molar-refractivity contribution is 5.81. The molecule has 148 valence electrons. The number of hydrogen-bond acceptors (Lipinski definition) is 3. The van der Waals surface area contributed by atoms with Gasteiger partial charge < -0.3 is 14.5 Å². The SMILES string of the molecule is CC(C)N(Cc1nc2ccccc2c(=O)[nH]1)C(=O)CCn1ccc2ccccc21. The van der Waals surface area contributed by atoms with Crippen LogP contribution in [0.5, 0.6) is 0 Å². The Morgan fingerprint density at radius 1 is 1.10 bits per heavy atom. The standard InChI is InChI=1S/C23H24N4O2/c1-16(2)27(15-21-24-19-9-5-4-8-18(19)23(29)25-21)22(28)12-14-26-13-11-17-7-3-6-10-20(17)26/h3-11,13,16H,12,14-15H2,1-2H3,(H,24,25,29). The Morgan fingerprint density at radius 2 is 1.86 bits per heavy atom. The van der Waals surface area contributed by atoms with E-state index in [0.717, 1.165) is 5.52 Å². The summed E-state index contributed by atoms with van der Waals surface area (Å²) >= 11 is 0. The third-order valence-electron chi connectivity index (χ3n) is 5.17. The Balaban J connectivity index is 1.51. The number of H-pyrrole nitrogens is 1. The van der Waals surface area contributed by atoms with Gasteiger partial charge in [-0.3, -0.25) is 9.59 Å². The normalized spacial score (nSPS) is 11.4. The summed E-state index contributed by atoms with van der Waals surface area (Å²) in [7, 11) is 0. The zero-order valence-electron chi connectivity index (χ0n) is 16.6. The lowest BCUT2D eigenvalue weighted by Gasteiger charge is -2.26. The van der Waals surface area contributed by atoms with Crippen LogP contribution in [0.25, 0.3) is 21.8 Å². The molecular formula is C23H24N4O2. The molecule has 1 N–H and O–H groups in total. The number of aromatic amines is 1. The molecule has 0 atom stereocenters. The minimum Gasteiger partial charge on any atom is -0.347 e. The molecule has 29 heavy (non-hydrogen) atoms. The van der Waals surface area contributed by atoms with E-state index in [0.29, 0.717) is 29.7 Å². The van der Waals surface area contributed by atoms with E-state index >= 15 is 0 Å². The highest BCUT2D eigenvalue weighted by Crippen LogP contribution is 2.16. The highest BCUT2D eigenvalue weighted by Gasteiger charge is 2.19. The van der Waals surface area contributed by atoms with Gasteiger partial charge in [0.15, 0.2) is 0 Å². The smallest absolute Gasteiger partial charge is 0.258 e. The van der Waals surface area contributed by atoms with Crippen LogP contribution in [0.3, 0.4) is 0 Å². The van der Waals surface area contributed by atoms with E-state index in [4.69, 9.17) is 0 Å². The maximum Gasteiger partial charge on any atom is 0.258 e. The number of aromatic nitrogens is 3. The molecule has 6 heteroatoms. The van der Waals surface area contributed by atoms with E-state index in [1.807, 2.05) is 50.4 Å². The van der Waals surface area contributed by atoms with Crippen LogP contribution in [0, 0.1) is 0 Å². The molecule has 2 aromatic heterocycles. The van der Waals surface area contributed by atoms with E-state index in [2.05, 4.69) is 32.7 Å². The third-order valence-corrected chi connectivity index (χ3v) is 5.17. The molecule has 1 amide bonds. The second kappa shape index (κ2) is 7.91. The maximum atomic E-state index is 13.0. The van der Waals surface area contributed by atoms with Crippen LogP contribution < -0.4 is 5.56 Å². The zero-order valence-corrected chi connectivity index (χ0v) is 16.6. The van der Waals surface area contributed by atoms with Crippen LogP contribution in [-0.2, 0) is 17.9 Å². The summed E-state index contributed by atoms with van der Waals surface area (Å²) < 4.78 is 2.10. The van der Waals surface area contributed by atoms with E-state index in [1.54, 1.807) is 11.0 Å². The summed E-state index contributed by atoms with van der Waals surface area (Å²) in [6.45, 7) is 4.84. The summed E-state index contributed by atoms with van der Waals surface area (Å²) in [6, 6.07) is 17.4. The summed E-state index contributed by atoms with van der Waals surface area (Å²) in [5.74, 6) is 0.538. The van der Waals surface area contributed by atoms with Gasteiger partial charge in [-0.2, -0.15) is 0 Å². The lowest BCUT2D eigenvalue weighted by Crippen LogP contribution is -2.37. The van der Waals surface area contributed by atoms with E-state index in [9.17, 15) is 9.59 Å². The number of amides is 1. The fraction of sp³-hybridized carbons (Fsp3) is 0.261. The summed E-state index contributed by atoms with van der Waals surface area (Å²) in [5, 5.41) is 1.72. The van der Waals surface area contributed by atoms with E-state index in [1.165, 1.54) is 5.39 Å². The molecule has 0 aliphatic rings. The predicted octanol–water partition coefficient (Wildman–Crippen LogP) is 3.71. The first-order valence-electron chi connectivity index (χ1n) is 9.84. The molecule has 0 aliphatic heterocycles. The first-order valence-corrected chi connectivity index (χ1v) is 9.84. The largest absolute Gasteiger partial charge is 0.347 e. The van der Waals surface area contributed by atoms with Gasteiger partial charge >= 0.3 is 0 Å². The first-order chi connectivity index (χ1) is 14.0. The zero-order chi connectivity index (χ0) is 20.4. The molecule has 0 spiro atoms. The van der Waals surface area contributed by atoms with Gasteiger partial charge in [-0.1, -0.05) is 30.3 Å². The van der Waals surface area contributed by atoms with Crippen molar-refractivity contribution in [2.75, 3.05) is 0 Å². The number of rotatable bonds is 6. The summed E-state index contributed by atoms with van der Waals surface area (Å²) in [5.41, 5.74) is 1.58. The van der Waals surface area contributed by atoms with Crippen LogP contribution in [0.15, 0.2) is 65.6 Å². The van der Waals surface area contributed by atoms with Gasteiger partial charge in [-0.25, -0.2) is 4.98 Å². The fourth-order valence-electron chi connectivity index (χ4n) is 3.63. The van der Waals surface area contributed by atoms with Crippen molar-refractivity contribution in [3.8, 4) is 0 Å². The van der Waals surface area contributed by atoms with Crippen molar-refractivity contribution in [3.63, 3.8) is 0 Å². The molecule has 6 nitrogen and oxygen atoms in total. The number of hydrogen-bond donors (Lipinski definition) is 1. The fourth-order valence-corrected chi connectivity index (χ4v) is 3.63. The van der Waals surface area contributed by atoms with Gasteiger partial charge in [0.25, 0.3) is 5.56 Å². The number of para-hydroxylation sites is 2. The maximum absolute atomic E-state index is 13.0. The number of nitrogens with one attached hydrogen (secondary N) is 1. The van der Waals surface area contributed by atoms with E-state index in [-0.39, 0.29) is 24.1 Å². The van der Waals surface area contributed by atoms with Crippen molar-refractivity contribution in [2.24, 2.45) is 0 Å². The van der Waals surface area contributed by atoms with Crippen molar-refractivity contribution >= 4 is 27.7 Å². The molecule has 0 unspecified atom stereocenters. The number of carbonyl (C=O) groups is 1. The van der Waals surface area contributed by atoms with Crippen LogP contribution in [0.4, 0.5) is 0 Å².